The van der Waals surface area contributed by atoms with Gasteiger partial charge in [-0.1, -0.05) is 6.07 Å². The lowest BCUT2D eigenvalue weighted by molar-refractivity contribution is 0.280. The van der Waals surface area contributed by atoms with Crippen LogP contribution in [0, 0.1) is 18.6 Å². The second kappa shape index (κ2) is 9.05. The van der Waals surface area contributed by atoms with E-state index >= 15 is 0 Å². The molecule has 0 bridgehead atoms. The molecule has 1 N–H and O–H groups in total. The zero-order valence-corrected chi connectivity index (χ0v) is 16.6. The molecule has 8 heteroatoms. The lowest BCUT2D eigenvalue weighted by Gasteiger charge is -2.28. The van der Waals surface area contributed by atoms with Crippen LogP contribution in [0.1, 0.15) is 22.3 Å². The Kier molecular flexibility index (Phi) is 7.05. The highest BCUT2D eigenvalue weighted by molar-refractivity contribution is 7.09. The fourth-order valence-electron chi connectivity index (χ4n) is 2.74. The molecule has 0 radical (unpaired) electrons. The molecule has 0 amide bonds. The summed E-state index contributed by atoms with van der Waals surface area (Å²) in [5, 5.41) is 6.23. The van der Waals surface area contributed by atoms with Gasteiger partial charge in [0.25, 0.3) is 0 Å². The lowest BCUT2D eigenvalue weighted by Crippen LogP contribution is -2.42. The van der Waals surface area contributed by atoms with Crippen LogP contribution >= 0.6 is 11.3 Å². The van der Waals surface area contributed by atoms with Crippen molar-refractivity contribution in [3.63, 3.8) is 0 Å². The molecule has 0 fully saturated rings. The Balaban J connectivity index is 2.09. The molecule has 1 atom stereocenters. The first kappa shape index (κ1) is 20.3. The van der Waals surface area contributed by atoms with Gasteiger partial charge in [-0.15, -0.1) is 11.3 Å². The van der Waals surface area contributed by atoms with Crippen molar-refractivity contribution < 1.29 is 8.78 Å². The Bertz CT molecular complexity index is 740. The maximum absolute atomic E-state index is 14.2. The van der Waals surface area contributed by atoms with E-state index in [0.29, 0.717) is 19.0 Å². The van der Waals surface area contributed by atoms with Crippen LogP contribution in [0.4, 0.5) is 8.78 Å². The summed E-state index contributed by atoms with van der Waals surface area (Å²) < 4.78 is 28.3. The molecule has 2 aromatic rings. The van der Waals surface area contributed by atoms with Crippen molar-refractivity contribution in [2.45, 2.75) is 19.5 Å². The number of aryl methyl sites for hydroxylation is 1. The van der Waals surface area contributed by atoms with Crippen LogP contribution in [0.15, 0.2) is 28.6 Å². The van der Waals surface area contributed by atoms with Gasteiger partial charge in [0.1, 0.15) is 11.6 Å². The van der Waals surface area contributed by atoms with Crippen molar-refractivity contribution in [2.24, 2.45) is 4.99 Å². The normalized spacial score (nSPS) is 13.2. The van der Waals surface area contributed by atoms with Crippen LogP contribution in [-0.4, -0.2) is 55.5 Å². The number of hydrogen-bond acceptors (Lipinski definition) is 4. The van der Waals surface area contributed by atoms with E-state index in [1.165, 1.54) is 18.2 Å². The second-order valence-electron chi connectivity index (χ2n) is 6.26. The SMILES string of the molecule is CN=C(NCC(c1c(F)cccc1F)N(C)C)N(C)Cc1csc(C)n1. The van der Waals surface area contributed by atoms with E-state index in [1.807, 2.05) is 24.3 Å². The average molecular weight is 381 g/mol. The number of rotatable bonds is 6. The monoisotopic (exact) mass is 381 g/mol. The summed E-state index contributed by atoms with van der Waals surface area (Å²) in [5.74, 6) is -0.460. The van der Waals surface area contributed by atoms with E-state index < -0.39 is 17.7 Å². The minimum atomic E-state index is -0.549. The Morgan fingerprint density at radius 2 is 1.92 bits per heavy atom. The van der Waals surface area contributed by atoms with Gasteiger partial charge >= 0.3 is 0 Å². The maximum Gasteiger partial charge on any atom is 0.193 e. The Morgan fingerprint density at radius 1 is 1.27 bits per heavy atom. The van der Waals surface area contributed by atoms with Crippen LogP contribution in [-0.2, 0) is 6.54 Å². The molecule has 5 nitrogen and oxygen atoms in total. The molecule has 1 unspecified atom stereocenters. The lowest BCUT2D eigenvalue weighted by atomic mass is 10.0. The number of nitrogens with one attached hydrogen (secondary N) is 1. The first-order valence-corrected chi connectivity index (χ1v) is 9.14. The maximum atomic E-state index is 14.2. The zero-order chi connectivity index (χ0) is 19.3. The van der Waals surface area contributed by atoms with Gasteiger partial charge in [-0.3, -0.25) is 4.99 Å². The molecule has 26 heavy (non-hydrogen) atoms. The van der Waals surface area contributed by atoms with Crippen molar-refractivity contribution in [1.29, 1.82) is 0 Å². The van der Waals surface area contributed by atoms with Gasteiger partial charge in [0.15, 0.2) is 5.96 Å². The molecule has 0 aliphatic rings. The number of likely N-dealkylation sites (N-methyl/N-ethyl adjacent to an activating group) is 1. The van der Waals surface area contributed by atoms with Crippen LogP contribution < -0.4 is 5.32 Å². The van der Waals surface area contributed by atoms with Crippen molar-refractivity contribution in [2.75, 3.05) is 34.7 Å². The van der Waals surface area contributed by atoms with Crippen molar-refractivity contribution >= 4 is 17.3 Å². The smallest absolute Gasteiger partial charge is 0.193 e. The highest BCUT2D eigenvalue weighted by atomic mass is 32.1. The van der Waals surface area contributed by atoms with Gasteiger partial charge in [0, 0.05) is 31.6 Å². The van der Waals surface area contributed by atoms with E-state index in [1.54, 1.807) is 37.4 Å². The third kappa shape index (κ3) is 4.98. The second-order valence-corrected chi connectivity index (χ2v) is 7.32. The summed E-state index contributed by atoms with van der Waals surface area (Å²) >= 11 is 1.60. The number of aliphatic imine (C=N–C) groups is 1. The standard InChI is InChI=1S/C18H25F2N5S/c1-12-23-13(11-26-12)10-25(5)18(21-2)22-9-16(24(3)4)17-14(19)7-6-8-15(17)20/h6-8,11,16H,9-10H2,1-5H3,(H,21,22). The summed E-state index contributed by atoms with van der Waals surface area (Å²) in [5.41, 5.74) is 1.01. The first-order chi connectivity index (χ1) is 12.3. The number of guanidine groups is 1. The molecular weight excluding hydrogens is 356 g/mol. The minimum Gasteiger partial charge on any atom is -0.354 e. The van der Waals surface area contributed by atoms with Crippen LogP contribution in [0.25, 0.3) is 0 Å². The summed E-state index contributed by atoms with van der Waals surface area (Å²) in [7, 11) is 7.17. The minimum absolute atomic E-state index is 0.0539. The summed E-state index contributed by atoms with van der Waals surface area (Å²) in [6, 6.07) is 3.46. The van der Waals surface area contributed by atoms with Gasteiger partial charge in [0.05, 0.1) is 23.3 Å². The number of thiazole rings is 1. The van der Waals surface area contributed by atoms with Crippen LogP contribution in [0.2, 0.25) is 0 Å². The number of halogens is 2. The number of nitrogens with zero attached hydrogens (tertiary/aromatic N) is 4. The molecule has 2 rings (SSSR count). The summed E-state index contributed by atoms with van der Waals surface area (Å²) in [6.07, 6.45) is 0. The van der Waals surface area contributed by atoms with Crippen molar-refractivity contribution in [3.05, 3.63) is 51.5 Å². The van der Waals surface area contributed by atoms with Gasteiger partial charge in [0.2, 0.25) is 0 Å². The van der Waals surface area contributed by atoms with Gasteiger partial charge in [-0.25, -0.2) is 13.8 Å². The highest BCUT2D eigenvalue weighted by Gasteiger charge is 2.23. The topological polar surface area (TPSA) is 43.8 Å². The molecule has 1 aromatic carbocycles. The molecule has 0 spiro atoms. The van der Waals surface area contributed by atoms with Gasteiger partial charge in [-0.05, 0) is 33.2 Å². The molecule has 1 aromatic heterocycles. The quantitative estimate of drug-likeness (QED) is 0.617. The van der Waals surface area contributed by atoms with E-state index in [4.69, 9.17) is 0 Å². The van der Waals surface area contributed by atoms with Crippen LogP contribution in [0.5, 0.6) is 0 Å². The van der Waals surface area contributed by atoms with E-state index in [-0.39, 0.29) is 5.56 Å². The zero-order valence-electron chi connectivity index (χ0n) is 15.8. The van der Waals surface area contributed by atoms with Crippen molar-refractivity contribution in [3.8, 4) is 0 Å². The Hall–Kier alpha value is -2.06. The van der Waals surface area contributed by atoms with Crippen molar-refractivity contribution in [1.82, 2.24) is 20.1 Å². The molecule has 1 heterocycles. The molecular formula is C18H25F2N5S. The van der Waals surface area contributed by atoms with Gasteiger partial charge in [-0.2, -0.15) is 0 Å². The number of hydrogen-bond donors (Lipinski definition) is 1. The Labute approximate surface area is 157 Å². The predicted octanol–water partition coefficient (Wildman–Crippen LogP) is 3.04. The fourth-order valence-corrected chi connectivity index (χ4v) is 3.35. The van der Waals surface area contributed by atoms with E-state index in [0.717, 1.165) is 10.7 Å². The number of aromatic nitrogens is 1. The molecule has 0 saturated carbocycles. The van der Waals surface area contributed by atoms with E-state index in [2.05, 4.69) is 15.3 Å². The molecule has 0 aliphatic heterocycles. The largest absolute Gasteiger partial charge is 0.354 e. The predicted molar refractivity (Wildman–Crippen MR) is 102 cm³/mol. The summed E-state index contributed by atoms with van der Waals surface area (Å²) in [6.45, 7) is 2.88. The highest BCUT2D eigenvalue weighted by Crippen LogP contribution is 2.24. The average Bonchev–Trinajstić information content (AvgIpc) is 2.97. The van der Waals surface area contributed by atoms with E-state index in [9.17, 15) is 8.78 Å². The fraction of sp³-hybridized carbons (Fsp3) is 0.444. The third-order valence-electron chi connectivity index (χ3n) is 4.05. The molecule has 0 aliphatic carbocycles. The van der Waals surface area contributed by atoms with Gasteiger partial charge < -0.3 is 15.1 Å². The van der Waals surface area contributed by atoms with Crippen LogP contribution in [0.3, 0.4) is 0 Å². The first-order valence-electron chi connectivity index (χ1n) is 8.26. The third-order valence-corrected chi connectivity index (χ3v) is 4.87. The molecule has 0 saturated heterocycles. The number of benzene rings is 1. The summed E-state index contributed by atoms with van der Waals surface area (Å²) in [4.78, 5) is 12.4. The molecule has 142 valence electrons. The Morgan fingerprint density at radius 3 is 2.42 bits per heavy atom.